The molecule has 3 heteroatoms. The lowest BCUT2D eigenvalue weighted by molar-refractivity contribution is 0.0603. The van der Waals surface area contributed by atoms with E-state index in [-0.39, 0.29) is 6.23 Å². The van der Waals surface area contributed by atoms with Gasteiger partial charge >= 0.3 is 0 Å². The predicted molar refractivity (Wildman–Crippen MR) is 86.4 cm³/mol. The van der Waals surface area contributed by atoms with Crippen molar-refractivity contribution in [1.82, 2.24) is 4.90 Å². The molecule has 2 saturated carbocycles. The highest BCUT2D eigenvalue weighted by atomic mass is 16.3. The molecule has 1 aromatic carbocycles. The molecule has 3 atom stereocenters. The fraction of sp³-hybridized carbons (Fsp3) is 0.611. The van der Waals surface area contributed by atoms with Gasteiger partial charge < -0.3 is 10.0 Å². The maximum absolute atomic E-state index is 9.19. The van der Waals surface area contributed by atoms with Crippen LogP contribution < -0.4 is 0 Å². The molecule has 3 aliphatic rings. The minimum Gasteiger partial charge on any atom is -0.374 e. The van der Waals surface area contributed by atoms with Gasteiger partial charge in [0.1, 0.15) is 6.23 Å². The Bertz CT molecular complexity index is 487. The Morgan fingerprint density at radius 3 is 2.71 bits per heavy atom. The number of benzene rings is 1. The molecule has 0 radical (unpaired) electrons. The SMILES string of the molecule is CCC(O)N1C=NCC1.c1ccc(C23CCCC2C3)cc1. The molecular formula is C18H26N2O. The van der Waals surface area contributed by atoms with Crippen molar-refractivity contribution in [1.29, 1.82) is 0 Å². The quantitative estimate of drug-likeness (QED) is 0.926. The van der Waals surface area contributed by atoms with Crippen molar-refractivity contribution in [3.63, 3.8) is 0 Å². The van der Waals surface area contributed by atoms with Crippen LogP contribution in [0.15, 0.2) is 35.3 Å². The third-order valence-corrected chi connectivity index (χ3v) is 5.22. The van der Waals surface area contributed by atoms with Crippen molar-refractivity contribution in [3.8, 4) is 0 Å². The first-order valence-electron chi connectivity index (χ1n) is 8.25. The van der Waals surface area contributed by atoms with Gasteiger partial charge in [-0.3, -0.25) is 4.99 Å². The van der Waals surface area contributed by atoms with E-state index in [0.29, 0.717) is 5.41 Å². The number of fused-ring (bicyclic) bond motifs is 1. The van der Waals surface area contributed by atoms with Gasteiger partial charge in [-0.25, -0.2) is 0 Å². The van der Waals surface area contributed by atoms with E-state index >= 15 is 0 Å². The Morgan fingerprint density at radius 1 is 1.38 bits per heavy atom. The summed E-state index contributed by atoms with van der Waals surface area (Å²) in [5.41, 5.74) is 2.26. The molecule has 0 saturated heterocycles. The molecule has 0 bridgehead atoms. The van der Waals surface area contributed by atoms with Gasteiger partial charge in [0.2, 0.25) is 0 Å². The van der Waals surface area contributed by atoms with E-state index < -0.39 is 0 Å². The largest absolute Gasteiger partial charge is 0.374 e. The molecule has 0 aromatic heterocycles. The second-order valence-electron chi connectivity index (χ2n) is 6.46. The molecule has 1 heterocycles. The predicted octanol–water partition coefficient (Wildman–Crippen LogP) is 3.19. The number of aliphatic hydroxyl groups is 1. The van der Waals surface area contributed by atoms with Crippen LogP contribution >= 0.6 is 0 Å². The van der Waals surface area contributed by atoms with Gasteiger partial charge in [-0.1, -0.05) is 43.7 Å². The summed E-state index contributed by atoms with van der Waals surface area (Å²) in [4.78, 5) is 5.82. The summed E-state index contributed by atoms with van der Waals surface area (Å²) in [6.45, 7) is 3.66. The van der Waals surface area contributed by atoms with Gasteiger partial charge in [-0.05, 0) is 42.6 Å². The zero-order chi connectivity index (χ0) is 14.7. The molecule has 2 aliphatic carbocycles. The second kappa shape index (κ2) is 6.18. The van der Waals surface area contributed by atoms with Gasteiger partial charge in [-0.15, -0.1) is 0 Å². The Hall–Kier alpha value is -1.35. The monoisotopic (exact) mass is 286 g/mol. The van der Waals surface area contributed by atoms with Crippen molar-refractivity contribution < 1.29 is 5.11 Å². The fourth-order valence-corrected chi connectivity index (χ4v) is 3.85. The van der Waals surface area contributed by atoms with Crippen LogP contribution in [0.3, 0.4) is 0 Å². The molecule has 1 N–H and O–H groups in total. The van der Waals surface area contributed by atoms with Gasteiger partial charge in [-0.2, -0.15) is 0 Å². The van der Waals surface area contributed by atoms with Crippen LogP contribution in [0.1, 0.15) is 44.6 Å². The highest BCUT2D eigenvalue weighted by molar-refractivity contribution is 5.57. The number of rotatable bonds is 3. The van der Waals surface area contributed by atoms with Crippen LogP contribution in [0.4, 0.5) is 0 Å². The molecule has 1 aliphatic heterocycles. The van der Waals surface area contributed by atoms with Crippen LogP contribution in [0.25, 0.3) is 0 Å². The average molecular weight is 286 g/mol. The van der Waals surface area contributed by atoms with Crippen LogP contribution in [0.2, 0.25) is 0 Å². The molecule has 3 unspecified atom stereocenters. The standard InChI is InChI=1S/C12H14.C6H12N2O/c1-2-5-10(6-3-1)12-8-4-7-11(12)9-12;1-2-6(9)8-4-3-7-5-8/h1-3,5-6,11H,4,7-9H2;5-6,9H,2-4H2,1H3. The molecular weight excluding hydrogens is 260 g/mol. The summed E-state index contributed by atoms with van der Waals surface area (Å²) in [5, 5.41) is 9.19. The molecule has 4 rings (SSSR count). The molecule has 0 spiro atoms. The first-order valence-corrected chi connectivity index (χ1v) is 8.25. The average Bonchev–Trinajstić information content (AvgIpc) is 2.94. The third kappa shape index (κ3) is 2.98. The topological polar surface area (TPSA) is 35.8 Å². The van der Waals surface area contributed by atoms with E-state index in [0.717, 1.165) is 25.4 Å². The number of nitrogens with zero attached hydrogens (tertiary/aromatic N) is 2. The Morgan fingerprint density at radius 2 is 2.19 bits per heavy atom. The number of hydrogen-bond donors (Lipinski definition) is 1. The summed E-state index contributed by atoms with van der Waals surface area (Å²) < 4.78 is 0. The van der Waals surface area contributed by atoms with Crippen LogP contribution in [0, 0.1) is 5.92 Å². The van der Waals surface area contributed by atoms with Crippen LogP contribution in [-0.4, -0.2) is 35.7 Å². The van der Waals surface area contributed by atoms with Gasteiger partial charge in [0.05, 0.1) is 12.9 Å². The van der Waals surface area contributed by atoms with Gasteiger partial charge in [0, 0.05) is 6.54 Å². The molecule has 1 aromatic rings. The maximum atomic E-state index is 9.19. The highest BCUT2D eigenvalue weighted by Crippen LogP contribution is 2.64. The summed E-state index contributed by atoms with van der Waals surface area (Å²) in [6, 6.07) is 11.1. The summed E-state index contributed by atoms with van der Waals surface area (Å²) >= 11 is 0. The lowest BCUT2D eigenvalue weighted by Gasteiger charge is -2.19. The normalized spacial score (nSPS) is 30.6. The number of aliphatic hydroxyl groups excluding tert-OH is 1. The van der Waals surface area contributed by atoms with Crippen molar-refractivity contribution in [2.45, 2.75) is 50.7 Å². The van der Waals surface area contributed by atoms with E-state index in [1.54, 1.807) is 11.9 Å². The Balaban J connectivity index is 0.000000133. The fourth-order valence-electron chi connectivity index (χ4n) is 3.85. The summed E-state index contributed by atoms with van der Waals surface area (Å²) in [6.07, 6.45) is 8.02. The number of aliphatic imine (C=N–C) groups is 1. The summed E-state index contributed by atoms with van der Waals surface area (Å²) in [5.74, 6) is 1.04. The Labute approximate surface area is 127 Å². The van der Waals surface area contributed by atoms with Gasteiger partial charge in [0.15, 0.2) is 0 Å². The van der Waals surface area contributed by atoms with Crippen molar-refractivity contribution >= 4 is 6.34 Å². The van der Waals surface area contributed by atoms with Gasteiger partial charge in [0.25, 0.3) is 0 Å². The van der Waals surface area contributed by atoms with E-state index in [1.807, 2.05) is 11.8 Å². The van der Waals surface area contributed by atoms with Crippen molar-refractivity contribution in [3.05, 3.63) is 35.9 Å². The van der Waals surface area contributed by atoms with E-state index in [1.165, 1.54) is 25.7 Å². The molecule has 3 nitrogen and oxygen atoms in total. The molecule has 114 valence electrons. The van der Waals surface area contributed by atoms with E-state index in [9.17, 15) is 5.11 Å². The Kier molecular flexibility index (Phi) is 4.29. The molecule has 0 amide bonds. The second-order valence-corrected chi connectivity index (χ2v) is 6.46. The first kappa shape index (κ1) is 14.6. The molecule has 21 heavy (non-hydrogen) atoms. The van der Waals surface area contributed by atoms with Crippen molar-refractivity contribution in [2.75, 3.05) is 13.1 Å². The smallest absolute Gasteiger partial charge is 0.127 e. The molecule has 2 fully saturated rings. The first-order chi connectivity index (χ1) is 10.3. The zero-order valence-electron chi connectivity index (χ0n) is 12.9. The zero-order valence-corrected chi connectivity index (χ0v) is 12.9. The summed E-state index contributed by atoms with van der Waals surface area (Å²) in [7, 11) is 0. The van der Waals surface area contributed by atoms with E-state index in [4.69, 9.17) is 0 Å². The maximum Gasteiger partial charge on any atom is 0.127 e. The van der Waals surface area contributed by atoms with Crippen LogP contribution in [-0.2, 0) is 5.41 Å². The van der Waals surface area contributed by atoms with Crippen LogP contribution in [0.5, 0.6) is 0 Å². The lowest BCUT2D eigenvalue weighted by atomic mass is 9.94. The number of hydrogen-bond acceptors (Lipinski definition) is 3. The highest BCUT2D eigenvalue weighted by Gasteiger charge is 2.57. The van der Waals surface area contributed by atoms with E-state index in [2.05, 4.69) is 35.3 Å². The van der Waals surface area contributed by atoms with Crippen molar-refractivity contribution in [2.24, 2.45) is 10.9 Å². The minimum absolute atomic E-state index is 0.323. The lowest BCUT2D eigenvalue weighted by Crippen LogP contribution is -2.31. The minimum atomic E-state index is -0.323. The third-order valence-electron chi connectivity index (χ3n) is 5.22.